The third-order valence-electron chi connectivity index (χ3n) is 4.27. The van der Waals surface area contributed by atoms with Gasteiger partial charge in [-0.25, -0.2) is 8.42 Å². The molecule has 0 N–H and O–H groups in total. The molecule has 0 atom stereocenters. The predicted molar refractivity (Wildman–Crippen MR) is 85.5 cm³/mol. The van der Waals surface area contributed by atoms with Gasteiger partial charge < -0.3 is 4.74 Å². The fourth-order valence-electron chi connectivity index (χ4n) is 2.87. The van der Waals surface area contributed by atoms with E-state index < -0.39 is 10.0 Å². The van der Waals surface area contributed by atoms with Crippen LogP contribution in [0.3, 0.4) is 0 Å². The lowest BCUT2D eigenvalue weighted by atomic mass is 10.0. The Labute approximate surface area is 131 Å². The first-order valence-corrected chi connectivity index (χ1v) is 8.90. The van der Waals surface area contributed by atoms with E-state index in [1.165, 1.54) is 0 Å². The molecule has 1 aromatic heterocycles. The fraction of sp³-hybridized carbons (Fsp3) is 0.438. The van der Waals surface area contributed by atoms with Gasteiger partial charge in [-0.05, 0) is 43.0 Å². The molecule has 0 unspecified atom stereocenters. The molecule has 22 heavy (non-hydrogen) atoms. The van der Waals surface area contributed by atoms with Gasteiger partial charge in [0.25, 0.3) is 0 Å². The molecule has 1 saturated heterocycles. The number of hydrogen-bond donors (Lipinski definition) is 0. The van der Waals surface area contributed by atoms with E-state index in [9.17, 15) is 8.42 Å². The van der Waals surface area contributed by atoms with Crippen LogP contribution in [0.25, 0.3) is 10.9 Å². The molecule has 0 bridgehead atoms. The molecule has 0 aliphatic carbocycles. The fourth-order valence-corrected chi connectivity index (χ4v) is 4.53. The number of rotatable bonds is 3. The van der Waals surface area contributed by atoms with Gasteiger partial charge in [-0.2, -0.15) is 4.31 Å². The molecule has 5 nitrogen and oxygen atoms in total. The van der Waals surface area contributed by atoms with Crippen LogP contribution in [0.4, 0.5) is 0 Å². The number of methoxy groups -OCH3 is 1. The SMILES string of the molecule is COc1ccc(S(=O)(=O)N2CCC(C)CC2)c2cccnc12. The van der Waals surface area contributed by atoms with Crippen molar-refractivity contribution < 1.29 is 13.2 Å². The van der Waals surface area contributed by atoms with Gasteiger partial charge >= 0.3 is 0 Å². The zero-order chi connectivity index (χ0) is 15.7. The number of nitrogens with zero attached hydrogens (tertiary/aromatic N) is 2. The Kier molecular flexibility index (Phi) is 4.06. The molecule has 0 amide bonds. The molecule has 2 heterocycles. The molecule has 0 spiro atoms. The molecular formula is C16H20N2O3S. The predicted octanol–water partition coefficient (Wildman–Crippen LogP) is 2.66. The summed E-state index contributed by atoms with van der Waals surface area (Å²) in [6, 6.07) is 6.83. The lowest BCUT2D eigenvalue weighted by Crippen LogP contribution is -2.37. The summed E-state index contributed by atoms with van der Waals surface area (Å²) in [5.41, 5.74) is 0.580. The number of aromatic nitrogens is 1. The van der Waals surface area contributed by atoms with Crippen LogP contribution in [0.1, 0.15) is 19.8 Å². The average Bonchev–Trinajstić information content (AvgIpc) is 2.54. The Morgan fingerprint density at radius 1 is 1.23 bits per heavy atom. The number of benzene rings is 1. The van der Waals surface area contributed by atoms with Crippen LogP contribution >= 0.6 is 0 Å². The molecule has 118 valence electrons. The van der Waals surface area contributed by atoms with E-state index >= 15 is 0 Å². The summed E-state index contributed by atoms with van der Waals surface area (Å²) >= 11 is 0. The summed E-state index contributed by atoms with van der Waals surface area (Å²) in [4.78, 5) is 4.59. The lowest BCUT2D eigenvalue weighted by Gasteiger charge is -2.29. The number of pyridine rings is 1. The van der Waals surface area contributed by atoms with Crippen LogP contribution in [-0.2, 0) is 10.0 Å². The van der Waals surface area contributed by atoms with Crippen molar-refractivity contribution in [2.75, 3.05) is 20.2 Å². The summed E-state index contributed by atoms with van der Waals surface area (Å²) in [6.45, 7) is 3.32. The van der Waals surface area contributed by atoms with Gasteiger partial charge in [0.15, 0.2) is 0 Å². The maximum atomic E-state index is 13.0. The third-order valence-corrected chi connectivity index (χ3v) is 6.23. The average molecular weight is 320 g/mol. The van der Waals surface area contributed by atoms with Crippen molar-refractivity contribution in [1.82, 2.24) is 9.29 Å². The first-order valence-electron chi connectivity index (χ1n) is 7.46. The summed E-state index contributed by atoms with van der Waals surface area (Å²) in [5, 5.41) is 0.612. The largest absolute Gasteiger partial charge is 0.494 e. The van der Waals surface area contributed by atoms with Gasteiger partial charge in [-0.3, -0.25) is 4.98 Å². The van der Waals surface area contributed by atoms with Gasteiger partial charge in [0.2, 0.25) is 10.0 Å². The lowest BCUT2D eigenvalue weighted by molar-refractivity contribution is 0.288. The maximum Gasteiger partial charge on any atom is 0.243 e. The zero-order valence-electron chi connectivity index (χ0n) is 12.8. The molecule has 1 aromatic carbocycles. The molecule has 0 saturated carbocycles. The Balaban J connectivity index is 2.10. The van der Waals surface area contributed by atoms with Crippen LogP contribution < -0.4 is 4.74 Å². The van der Waals surface area contributed by atoms with E-state index in [1.54, 1.807) is 41.9 Å². The van der Waals surface area contributed by atoms with Crippen molar-refractivity contribution >= 4 is 20.9 Å². The molecule has 3 rings (SSSR count). The van der Waals surface area contributed by atoms with Crippen molar-refractivity contribution in [2.24, 2.45) is 5.92 Å². The smallest absolute Gasteiger partial charge is 0.243 e. The molecular weight excluding hydrogens is 300 g/mol. The van der Waals surface area contributed by atoms with Crippen LogP contribution in [0.5, 0.6) is 5.75 Å². The first-order chi connectivity index (χ1) is 10.5. The molecule has 1 aliphatic rings. The number of ether oxygens (including phenoxy) is 1. The van der Waals surface area contributed by atoms with Gasteiger partial charge in [0.1, 0.15) is 11.3 Å². The van der Waals surface area contributed by atoms with Crippen molar-refractivity contribution in [2.45, 2.75) is 24.7 Å². The second-order valence-corrected chi connectivity index (χ2v) is 7.66. The van der Waals surface area contributed by atoms with Crippen LogP contribution in [0, 0.1) is 5.92 Å². The minimum Gasteiger partial charge on any atom is -0.494 e. The number of fused-ring (bicyclic) bond motifs is 1. The normalized spacial score (nSPS) is 17.7. The first kappa shape index (κ1) is 15.2. The highest BCUT2D eigenvalue weighted by Gasteiger charge is 2.29. The van der Waals surface area contributed by atoms with E-state index in [1.807, 2.05) is 0 Å². The number of hydrogen-bond acceptors (Lipinski definition) is 4. The van der Waals surface area contributed by atoms with Crippen molar-refractivity contribution in [3.8, 4) is 5.75 Å². The van der Waals surface area contributed by atoms with Gasteiger partial charge in [0, 0.05) is 24.7 Å². The second-order valence-electron chi connectivity index (χ2n) is 5.75. The Hall–Kier alpha value is -1.66. The molecule has 1 aliphatic heterocycles. The topological polar surface area (TPSA) is 59.5 Å². The van der Waals surface area contributed by atoms with E-state index in [-0.39, 0.29) is 0 Å². The Morgan fingerprint density at radius 2 is 1.95 bits per heavy atom. The van der Waals surface area contributed by atoms with Gasteiger partial charge in [-0.15, -0.1) is 0 Å². The Bertz CT molecular complexity index is 781. The molecule has 1 fully saturated rings. The van der Waals surface area contributed by atoms with Gasteiger partial charge in [-0.1, -0.05) is 6.92 Å². The molecule has 2 aromatic rings. The minimum absolute atomic E-state index is 0.311. The number of sulfonamides is 1. The zero-order valence-corrected chi connectivity index (χ0v) is 13.6. The van der Waals surface area contributed by atoms with E-state index in [0.29, 0.717) is 40.6 Å². The molecule has 0 radical (unpaired) electrons. The van der Waals surface area contributed by atoms with E-state index in [4.69, 9.17) is 4.74 Å². The Morgan fingerprint density at radius 3 is 2.64 bits per heavy atom. The van der Waals surface area contributed by atoms with Crippen molar-refractivity contribution in [1.29, 1.82) is 0 Å². The third kappa shape index (κ3) is 2.57. The molecule has 6 heteroatoms. The maximum absolute atomic E-state index is 13.0. The van der Waals surface area contributed by atoms with Gasteiger partial charge in [0.05, 0.1) is 12.0 Å². The quantitative estimate of drug-likeness (QED) is 0.872. The van der Waals surface area contributed by atoms with Crippen LogP contribution in [0.2, 0.25) is 0 Å². The highest BCUT2D eigenvalue weighted by molar-refractivity contribution is 7.89. The van der Waals surface area contributed by atoms with E-state index in [0.717, 1.165) is 12.8 Å². The van der Waals surface area contributed by atoms with E-state index in [2.05, 4.69) is 11.9 Å². The standard InChI is InChI=1S/C16H20N2O3S/c1-12-7-10-18(11-8-12)22(19,20)15-6-5-14(21-2)16-13(15)4-3-9-17-16/h3-6,9,12H,7-8,10-11H2,1-2H3. The number of piperidine rings is 1. The van der Waals surface area contributed by atoms with Crippen molar-refractivity contribution in [3.63, 3.8) is 0 Å². The minimum atomic E-state index is -3.50. The summed E-state index contributed by atoms with van der Waals surface area (Å²) < 4.78 is 32.8. The monoisotopic (exact) mass is 320 g/mol. The highest BCUT2D eigenvalue weighted by atomic mass is 32.2. The second kappa shape index (κ2) is 5.85. The summed E-state index contributed by atoms with van der Waals surface area (Å²) in [5.74, 6) is 1.17. The summed E-state index contributed by atoms with van der Waals surface area (Å²) in [6.07, 6.45) is 3.46. The highest BCUT2D eigenvalue weighted by Crippen LogP contribution is 2.32. The van der Waals surface area contributed by atoms with Crippen LogP contribution in [-0.4, -0.2) is 37.9 Å². The summed E-state index contributed by atoms with van der Waals surface area (Å²) in [7, 11) is -1.94. The van der Waals surface area contributed by atoms with Crippen molar-refractivity contribution in [3.05, 3.63) is 30.5 Å². The van der Waals surface area contributed by atoms with Crippen LogP contribution in [0.15, 0.2) is 35.4 Å².